The summed E-state index contributed by atoms with van der Waals surface area (Å²) in [7, 11) is 0. The van der Waals surface area contributed by atoms with Crippen LogP contribution in [-0.4, -0.2) is 5.91 Å². The molecule has 0 bridgehead atoms. The van der Waals surface area contributed by atoms with Gasteiger partial charge in [0.2, 0.25) is 0 Å². The van der Waals surface area contributed by atoms with Gasteiger partial charge in [0.25, 0.3) is 5.91 Å². The first kappa shape index (κ1) is 14.6. The Morgan fingerprint density at radius 2 is 1.74 bits per heavy atom. The number of benzene rings is 2. The van der Waals surface area contributed by atoms with E-state index >= 15 is 0 Å². The van der Waals surface area contributed by atoms with Crippen LogP contribution in [0.15, 0.2) is 45.3 Å². The number of halogens is 3. The van der Waals surface area contributed by atoms with Crippen molar-refractivity contribution in [3.63, 3.8) is 0 Å². The number of rotatable bonds is 2. The van der Waals surface area contributed by atoms with Crippen molar-refractivity contribution in [3.8, 4) is 0 Å². The number of carbonyl (C=O) groups is 1. The van der Waals surface area contributed by atoms with Gasteiger partial charge in [-0.05, 0) is 42.8 Å². The minimum Gasteiger partial charge on any atom is -0.322 e. The molecule has 0 aliphatic rings. The average Bonchev–Trinajstić information content (AvgIpc) is 2.36. The maximum absolute atomic E-state index is 12.2. The van der Waals surface area contributed by atoms with E-state index in [1.807, 2.05) is 25.1 Å². The summed E-state index contributed by atoms with van der Waals surface area (Å²) in [6.07, 6.45) is 0. The molecule has 1 amide bonds. The summed E-state index contributed by atoms with van der Waals surface area (Å²) in [6, 6.07) is 10.9. The summed E-state index contributed by atoms with van der Waals surface area (Å²) in [5, 5.41) is 3.29. The summed E-state index contributed by atoms with van der Waals surface area (Å²) in [5.74, 6) is -0.229. The Morgan fingerprint density at radius 1 is 1.11 bits per heavy atom. The Kier molecular flexibility index (Phi) is 4.66. The highest BCUT2D eigenvalue weighted by atomic mass is 79.9. The van der Waals surface area contributed by atoms with Crippen molar-refractivity contribution >= 4 is 55.1 Å². The molecule has 5 heteroatoms. The van der Waals surface area contributed by atoms with Gasteiger partial charge in [0.1, 0.15) is 0 Å². The van der Waals surface area contributed by atoms with Crippen LogP contribution in [0.25, 0.3) is 0 Å². The molecule has 0 saturated heterocycles. The van der Waals surface area contributed by atoms with E-state index in [0.717, 1.165) is 20.2 Å². The van der Waals surface area contributed by atoms with Crippen LogP contribution in [0.2, 0.25) is 5.02 Å². The van der Waals surface area contributed by atoms with Crippen molar-refractivity contribution < 1.29 is 4.79 Å². The van der Waals surface area contributed by atoms with Crippen LogP contribution in [0.1, 0.15) is 15.9 Å². The standard InChI is InChI=1S/C14H10Br2ClNO/c1-8-2-3-10(16)7-13(8)18-14(19)11-6-9(15)4-5-12(11)17/h2-7H,1H3,(H,18,19). The summed E-state index contributed by atoms with van der Waals surface area (Å²) < 4.78 is 1.72. The second-order valence-electron chi connectivity index (χ2n) is 4.04. The van der Waals surface area contributed by atoms with Gasteiger partial charge in [0, 0.05) is 14.6 Å². The highest BCUT2D eigenvalue weighted by Crippen LogP contribution is 2.24. The van der Waals surface area contributed by atoms with E-state index in [0.29, 0.717) is 10.6 Å². The van der Waals surface area contributed by atoms with Gasteiger partial charge in [0.15, 0.2) is 0 Å². The number of hydrogen-bond acceptors (Lipinski definition) is 1. The molecule has 0 aromatic heterocycles. The van der Waals surface area contributed by atoms with Crippen molar-refractivity contribution in [2.75, 3.05) is 5.32 Å². The highest BCUT2D eigenvalue weighted by Gasteiger charge is 2.12. The van der Waals surface area contributed by atoms with Crippen molar-refractivity contribution in [2.45, 2.75) is 6.92 Å². The lowest BCUT2D eigenvalue weighted by Gasteiger charge is -2.10. The van der Waals surface area contributed by atoms with Crippen molar-refractivity contribution in [3.05, 3.63) is 61.5 Å². The zero-order chi connectivity index (χ0) is 14.0. The highest BCUT2D eigenvalue weighted by molar-refractivity contribution is 9.10. The Balaban J connectivity index is 2.30. The topological polar surface area (TPSA) is 29.1 Å². The monoisotopic (exact) mass is 401 g/mol. The molecular formula is C14H10Br2ClNO. The van der Waals surface area contributed by atoms with Crippen LogP contribution in [0, 0.1) is 6.92 Å². The van der Waals surface area contributed by atoms with Crippen LogP contribution < -0.4 is 5.32 Å². The van der Waals surface area contributed by atoms with Crippen LogP contribution in [0.5, 0.6) is 0 Å². The zero-order valence-corrected chi connectivity index (χ0v) is 13.9. The largest absolute Gasteiger partial charge is 0.322 e. The third-order valence-corrected chi connectivity index (χ3v) is 3.94. The summed E-state index contributed by atoms with van der Waals surface area (Å²) in [4.78, 5) is 12.2. The van der Waals surface area contributed by atoms with Crippen LogP contribution in [0.3, 0.4) is 0 Å². The Bertz CT molecular complexity index is 643. The van der Waals surface area contributed by atoms with E-state index in [-0.39, 0.29) is 5.91 Å². The summed E-state index contributed by atoms with van der Waals surface area (Å²) in [6.45, 7) is 1.94. The molecule has 2 aromatic carbocycles. The maximum atomic E-state index is 12.2. The van der Waals surface area contributed by atoms with E-state index in [4.69, 9.17) is 11.6 Å². The average molecular weight is 404 g/mol. The molecule has 0 aliphatic heterocycles. The third-order valence-electron chi connectivity index (χ3n) is 2.62. The van der Waals surface area contributed by atoms with Gasteiger partial charge in [-0.15, -0.1) is 0 Å². The number of hydrogen-bond donors (Lipinski definition) is 1. The van der Waals surface area contributed by atoms with Gasteiger partial charge in [-0.2, -0.15) is 0 Å². The third kappa shape index (κ3) is 3.59. The fraction of sp³-hybridized carbons (Fsp3) is 0.0714. The Morgan fingerprint density at radius 3 is 2.47 bits per heavy atom. The number of carbonyl (C=O) groups excluding carboxylic acids is 1. The zero-order valence-electron chi connectivity index (χ0n) is 10.0. The molecule has 0 unspecified atom stereocenters. The molecule has 1 N–H and O–H groups in total. The Labute approximate surface area is 133 Å². The number of aryl methyl sites for hydroxylation is 1. The Hall–Kier alpha value is -0.840. The summed E-state index contributed by atoms with van der Waals surface area (Å²) >= 11 is 12.8. The first-order valence-corrected chi connectivity index (χ1v) is 7.46. The normalized spacial score (nSPS) is 10.3. The van der Waals surface area contributed by atoms with Gasteiger partial charge in [0.05, 0.1) is 10.6 Å². The number of amides is 1. The molecule has 0 fully saturated rings. The second kappa shape index (κ2) is 6.07. The van der Waals surface area contributed by atoms with E-state index in [9.17, 15) is 4.79 Å². The minimum absolute atomic E-state index is 0.229. The van der Waals surface area contributed by atoms with Crippen LogP contribution in [0.4, 0.5) is 5.69 Å². The van der Waals surface area contributed by atoms with E-state index in [1.165, 1.54) is 0 Å². The second-order valence-corrected chi connectivity index (χ2v) is 6.28. The van der Waals surface area contributed by atoms with Gasteiger partial charge in [-0.3, -0.25) is 4.79 Å². The molecule has 0 aliphatic carbocycles. The molecular weight excluding hydrogens is 393 g/mol. The fourth-order valence-electron chi connectivity index (χ4n) is 1.59. The lowest BCUT2D eigenvalue weighted by atomic mass is 10.1. The van der Waals surface area contributed by atoms with Gasteiger partial charge in [-0.25, -0.2) is 0 Å². The first-order chi connectivity index (χ1) is 8.97. The quantitative estimate of drug-likeness (QED) is 0.712. The molecule has 0 atom stereocenters. The molecule has 19 heavy (non-hydrogen) atoms. The molecule has 0 saturated carbocycles. The number of anilines is 1. The molecule has 0 spiro atoms. The van der Waals surface area contributed by atoms with Gasteiger partial charge >= 0.3 is 0 Å². The molecule has 0 heterocycles. The predicted octanol–water partition coefficient (Wildman–Crippen LogP) is 5.43. The molecule has 0 radical (unpaired) electrons. The first-order valence-electron chi connectivity index (χ1n) is 5.50. The van der Waals surface area contributed by atoms with Gasteiger partial charge in [-0.1, -0.05) is 49.5 Å². The van der Waals surface area contributed by atoms with E-state index < -0.39 is 0 Å². The molecule has 2 rings (SSSR count). The maximum Gasteiger partial charge on any atom is 0.257 e. The number of nitrogens with one attached hydrogen (secondary N) is 1. The molecule has 2 aromatic rings. The molecule has 98 valence electrons. The van der Waals surface area contributed by atoms with Gasteiger partial charge < -0.3 is 5.32 Å². The lowest BCUT2D eigenvalue weighted by molar-refractivity contribution is 0.102. The minimum atomic E-state index is -0.229. The van der Waals surface area contributed by atoms with Crippen molar-refractivity contribution in [1.82, 2.24) is 0 Å². The fourth-order valence-corrected chi connectivity index (χ4v) is 2.52. The van der Waals surface area contributed by atoms with Crippen molar-refractivity contribution in [1.29, 1.82) is 0 Å². The SMILES string of the molecule is Cc1ccc(Br)cc1NC(=O)c1cc(Br)ccc1Cl. The van der Waals surface area contributed by atoms with Crippen LogP contribution in [-0.2, 0) is 0 Å². The van der Waals surface area contributed by atoms with E-state index in [2.05, 4.69) is 37.2 Å². The van der Waals surface area contributed by atoms with E-state index in [1.54, 1.807) is 18.2 Å². The van der Waals surface area contributed by atoms with Crippen LogP contribution >= 0.6 is 43.5 Å². The molecule has 2 nitrogen and oxygen atoms in total. The lowest BCUT2D eigenvalue weighted by Crippen LogP contribution is -2.13. The smallest absolute Gasteiger partial charge is 0.257 e. The summed E-state index contributed by atoms with van der Waals surface area (Å²) in [5.41, 5.74) is 2.19. The van der Waals surface area contributed by atoms with Crippen molar-refractivity contribution in [2.24, 2.45) is 0 Å². The predicted molar refractivity (Wildman–Crippen MR) is 86.0 cm³/mol.